The third-order valence-corrected chi connectivity index (χ3v) is 2.84. The second-order valence-corrected chi connectivity index (χ2v) is 5.63. The van der Waals surface area contributed by atoms with Crippen LogP contribution in [0.2, 0.25) is 0 Å². The molecule has 0 aliphatic rings. The smallest absolute Gasteiger partial charge is 0.415 e. The third-order valence-electron chi connectivity index (χ3n) is 2.84. The van der Waals surface area contributed by atoms with Gasteiger partial charge < -0.3 is 14.3 Å². The van der Waals surface area contributed by atoms with E-state index in [2.05, 4.69) is 0 Å². The van der Waals surface area contributed by atoms with Gasteiger partial charge in [-0.15, -0.1) is 0 Å². The largest absolute Gasteiger partial charge is 0.495 e. The summed E-state index contributed by atoms with van der Waals surface area (Å²) >= 11 is 0. The Morgan fingerprint density at radius 2 is 1.95 bits per heavy atom. The van der Waals surface area contributed by atoms with Gasteiger partial charge in [-0.3, -0.25) is 4.90 Å². The van der Waals surface area contributed by atoms with Gasteiger partial charge in [-0.05, 0) is 39.3 Å². The maximum Gasteiger partial charge on any atom is 0.415 e. The number of carbonyl (C=O) groups is 2. The first kappa shape index (κ1) is 17.0. The molecule has 0 aliphatic carbocycles. The predicted octanol–water partition coefficient (Wildman–Crippen LogP) is 3.41. The first-order valence-corrected chi connectivity index (χ1v) is 6.94. The summed E-state index contributed by atoms with van der Waals surface area (Å²) in [6.07, 6.45) is 0.669. The van der Waals surface area contributed by atoms with E-state index in [1.807, 2.05) is 6.92 Å². The molecular weight excluding hydrogens is 270 g/mol. The number of hydrogen-bond donors (Lipinski definition) is 0. The van der Waals surface area contributed by atoms with Crippen molar-refractivity contribution in [1.82, 2.24) is 0 Å². The molecule has 1 unspecified atom stereocenters. The number of para-hydroxylation sites is 2. The highest BCUT2D eigenvalue weighted by Gasteiger charge is 2.30. The van der Waals surface area contributed by atoms with Crippen molar-refractivity contribution in [1.29, 1.82) is 0 Å². The predicted molar refractivity (Wildman–Crippen MR) is 81.9 cm³/mol. The fourth-order valence-corrected chi connectivity index (χ4v) is 1.89. The fraction of sp³-hybridized carbons (Fsp3) is 0.500. The lowest BCUT2D eigenvalue weighted by Crippen LogP contribution is -2.44. The zero-order chi connectivity index (χ0) is 16.0. The number of rotatable bonds is 5. The highest BCUT2D eigenvalue weighted by Crippen LogP contribution is 2.31. The van der Waals surface area contributed by atoms with Crippen LogP contribution in [0.15, 0.2) is 24.3 Å². The van der Waals surface area contributed by atoms with Gasteiger partial charge >= 0.3 is 6.09 Å². The number of amides is 1. The molecule has 1 rings (SSSR count). The van der Waals surface area contributed by atoms with Crippen LogP contribution in [0.5, 0.6) is 5.75 Å². The summed E-state index contributed by atoms with van der Waals surface area (Å²) in [6.45, 7) is 7.19. The minimum atomic E-state index is -0.640. The average molecular weight is 293 g/mol. The highest BCUT2D eigenvalue weighted by molar-refractivity contribution is 5.94. The molecule has 5 heteroatoms. The summed E-state index contributed by atoms with van der Waals surface area (Å²) in [7, 11) is 1.52. The first-order chi connectivity index (χ1) is 9.84. The van der Waals surface area contributed by atoms with Crippen molar-refractivity contribution < 1.29 is 19.1 Å². The Morgan fingerprint density at radius 3 is 2.43 bits per heavy atom. The summed E-state index contributed by atoms with van der Waals surface area (Å²) in [5.41, 5.74) is -0.119. The van der Waals surface area contributed by atoms with E-state index in [-0.39, 0.29) is 0 Å². The summed E-state index contributed by atoms with van der Waals surface area (Å²) in [5, 5.41) is 0. The van der Waals surface area contributed by atoms with E-state index in [0.29, 0.717) is 17.9 Å². The monoisotopic (exact) mass is 293 g/mol. The number of benzene rings is 1. The minimum absolute atomic E-state index is 0.487. The van der Waals surface area contributed by atoms with Crippen molar-refractivity contribution >= 4 is 18.1 Å². The molecule has 0 bridgehead atoms. The lowest BCUT2D eigenvalue weighted by molar-refractivity contribution is -0.109. The summed E-state index contributed by atoms with van der Waals surface area (Å²) in [4.78, 5) is 25.2. The van der Waals surface area contributed by atoms with E-state index in [1.54, 1.807) is 45.0 Å². The van der Waals surface area contributed by atoms with E-state index in [1.165, 1.54) is 12.0 Å². The van der Waals surface area contributed by atoms with Crippen LogP contribution < -0.4 is 9.64 Å². The molecule has 116 valence electrons. The van der Waals surface area contributed by atoms with Crippen molar-refractivity contribution in [3.63, 3.8) is 0 Å². The fourth-order valence-electron chi connectivity index (χ4n) is 1.89. The maximum absolute atomic E-state index is 12.5. The minimum Gasteiger partial charge on any atom is -0.495 e. The number of hydrogen-bond acceptors (Lipinski definition) is 4. The second-order valence-electron chi connectivity index (χ2n) is 5.63. The van der Waals surface area contributed by atoms with Gasteiger partial charge in [-0.2, -0.15) is 0 Å². The molecule has 0 spiro atoms. The van der Waals surface area contributed by atoms with Crippen LogP contribution in [0.25, 0.3) is 0 Å². The van der Waals surface area contributed by atoms with Crippen LogP contribution in [0, 0.1) is 0 Å². The van der Waals surface area contributed by atoms with Crippen molar-refractivity contribution in [3.05, 3.63) is 24.3 Å². The van der Waals surface area contributed by atoms with Gasteiger partial charge in [0.05, 0.1) is 18.8 Å². The Bertz CT molecular complexity index is 493. The summed E-state index contributed by atoms with van der Waals surface area (Å²) < 4.78 is 10.7. The van der Waals surface area contributed by atoms with Crippen molar-refractivity contribution in [2.45, 2.75) is 45.8 Å². The SMILES string of the molecule is CCC(C=O)N(C(=O)OC(C)(C)C)c1ccccc1OC. The molecule has 0 saturated heterocycles. The molecule has 0 N–H and O–H groups in total. The lowest BCUT2D eigenvalue weighted by Gasteiger charge is -2.31. The van der Waals surface area contributed by atoms with E-state index < -0.39 is 17.7 Å². The molecule has 0 aromatic heterocycles. The zero-order valence-electron chi connectivity index (χ0n) is 13.3. The average Bonchev–Trinajstić information content (AvgIpc) is 2.42. The van der Waals surface area contributed by atoms with Gasteiger partial charge in [0.15, 0.2) is 0 Å². The van der Waals surface area contributed by atoms with E-state index in [0.717, 1.165) is 6.29 Å². The highest BCUT2D eigenvalue weighted by atomic mass is 16.6. The first-order valence-electron chi connectivity index (χ1n) is 6.94. The Morgan fingerprint density at radius 1 is 1.33 bits per heavy atom. The number of ether oxygens (including phenoxy) is 2. The lowest BCUT2D eigenvalue weighted by atomic mass is 10.1. The molecule has 1 amide bonds. The van der Waals surface area contributed by atoms with Gasteiger partial charge in [-0.1, -0.05) is 19.1 Å². The van der Waals surface area contributed by atoms with Crippen LogP contribution in [0.4, 0.5) is 10.5 Å². The Labute approximate surface area is 125 Å². The van der Waals surface area contributed by atoms with Crippen LogP contribution in [0.1, 0.15) is 34.1 Å². The second kappa shape index (κ2) is 7.11. The molecule has 5 nitrogen and oxygen atoms in total. The van der Waals surface area contributed by atoms with Gasteiger partial charge in [0.25, 0.3) is 0 Å². The Balaban J connectivity index is 3.25. The van der Waals surface area contributed by atoms with Gasteiger partial charge in [-0.25, -0.2) is 4.79 Å². The normalized spacial score (nSPS) is 12.4. The number of methoxy groups -OCH3 is 1. The third kappa shape index (κ3) is 4.48. The summed E-state index contributed by atoms with van der Waals surface area (Å²) in [6, 6.07) is 6.46. The molecule has 0 aliphatic heterocycles. The Hall–Kier alpha value is -2.04. The number of anilines is 1. The molecule has 0 heterocycles. The van der Waals surface area contributed by atoms with Gasteiger partial charge in [0.2, 0.25) is 0 Å². The van der Waals surface area contributed by atoms with Crippen molar-refractivity contribution in [2.24, 2.45) is 0 Å². The Kier molecular flexibility index (Phi) is 5.76. The zero-order valence-corrected chi connectivity index (χ0v) is 13.3. The molecular formula is C16H23NO4. The van der Waals surface area contributed by atoms with E-state index in [4.69, 9.17) is 9.47 Å². The van der Waals surface area contributed by atoms with Crippen LogP contribution in [-0.2, 0) is 9.53 Å². The van der Waals surface area contributed by atoms with Gasteiger partial charge in [0, 0.05) is 0 Å². The standard InChI is InChI=1S/C16H23NO4/c1-6-12(11-18)17(15(19)21-16(2,3)4)13-9-7-8-10-14(13)20-5/h7-12H,6H2,1-5H3. The van der Waals surface area contributed by atoms with Crippen molar-refractivity contribution in [2.75, 3.05) is 12.0 Å². The van der Waals surface area contributed by atoms with Crippen LogP contribution in [0.3, 0.4) is 0 Å². The van der Waals surface area contributed by atoms with Crippen molar-refractivity contribution in [3.8, 4) is 5.75 Å². The molecule has 1 aromatic rings. The van der Waals surface area contributed by atoms with Crippen LogP contribution >= 0.6 is 0 Å². The molecule has 0 fully saturated rings. The quantitative estimate of drug-likeness (QED) is 0.781. The molecule has 1 aromatic carbocycles. The molecule has 21 heavy (non-hydrogen) atoms. The van der Waals surface area contributed by atoms with Crippen LogP contribution in [-0.4, -0.2) is 31.1 Å². The number of nitrogens with zero attached hydrogens (tertiary/aromatic N) is 1. The van der Waals surface area contributed by atoms with E-state index in [9.17, 15) is 9.59 Å². The topological polar surface area (TPSA) is 55.8 Å². The number of aldehydes is 1. The van der Waals surface area contributed by atoms with E-state index >= 15 is 0 Å². The molecule has 1 atom stereocenters. The maximum atomic E-state index is 12.5. The molecule has 0 radical (unpaired) electrons. The molecule has 0 saturated carbocycles. The van der Waals surface area contributed by atoms with Gasteiger partial charge in [0.1, 0.15) is 17.6 Å². The summed E-state index contributed by atoms with van der Waals surface area (Å²) in [5.74, 6) is 0.517. The number of carbonyl (C=O) groups excluding carboxylic acids is 2.